The molecule has 4 amide bonds. The Balaban J connectivity index is 0.000000254. The second kappa shape index (κ2) is 29.3. The standard InChI is InChI=1S/C29H42N4O5Si.C20H23BrN4O4.C15H31BO3Si/c1-28(2,3)38-27(36)33-17-16-31(21-24(33)34)25-26(35)32(19-22-13-10-9-11-14-22)20-23(30-25)15-12-18-37-39(7,8)29(4,5)6;1-20(2,3)29-19(28)25-10-9-23(13-16(25)26)17-18(27)24(12-15(21)22-17)11-14-7-5-4-6-8-14;1-13(2,3)20(8,9)17-12-10-11-16-18-14(4,5)15(6,7)19-16/h9-15,20H,16-19,21H2,1-8H3;4-8,12H,9-11,13H2,1-3H3;10-11H,12H2,1-9H3/b15-12+;;11-10+. The summed E-state index contributed by atoms with van der Waals surface area (Å²) >= 11 is 3.34. The predicted octanol–water partition coefficient (Wildman–Crippen LogP) is 11.7. The van der Waals surface area contributed by atoms with Crippen LogP contribution in [0.2, 0.25) is 36.3 Å². The van der Waals surface area contributed by atoms with Crippen LogP contribution in [0.5, 0.6) is 0 Å². The highest BCUT2D eigenvalue weighted by Gasteiger charge is 2.50. The third kappa shape index (κ3) is 20.8. The predicted molar refractivity (Wildman–Crippen MR) is 357 cm³/mol. The lowest BCUT2D eigenvalue weighted by molar-refractivity contribution is -0.131. The van der Waals surface area contributed by atoms with E-state index in [2.05, 4.69) is 121 Å². The van der Waals surface area contributed by atoms with E-state index in [0.29, 0.717) is 43.1 Å². The van der Waals surface area contributed by atoms with Gasteiger partial charge in [-0.1, -0.05) is 120 Å². The molecule has 0 saturated carbocycles. The van der Waals surface area contributed by atoms with E-state index in [1.54, 1.807) is 72.9 Å². The number of hydrogen-bond acceptors (Lipinski definition) is 16. The monoisotopic (exact) mass is 1310 g/mol. The van der Waals surface area contributed by atoms with Crippen LogP contribution in [0.25, 0.3) is 6.08 Å². The fourth-order valence-electron chi connectivity index (χ4n) is 8.30. The summed E-state index contributed by atoms with van der Waals surface area (Å²) in [6.07, 6.45) is 7.76. The van der Waals surface area contributed by atoms with Crippen molar-refractivity contribution < 1.29 is 46.8 Å². The number of benzene rings is 2. The Morgan fingerprint density at radius 3 is 1.36 bits per heavy atom. The Morgan fingerprint density at radius 1 is 0.591 bits per heavy atom. The molecular formula is C64H96BBrN8O12Si2. The lowest BCUT2D eigenvalue weighted by Crippen LogP contribution is -2.55. The summed E-state index contributed by atoms with van der Waals surface area (Å²) in [5.74, 6) is 1.45. The quantitative estimate of drug-likeness (QED) is 0.108. The molecule has 0 aliphatic carbocycles. The first kappa shape index (κ1) is 72.7. The Labute approximate surface area is 532 Å². The van der Waals surface area contributed by atoms with Gasteiger partial charge in [0.05, 0.1) is 56.3 Å². The number of anilines is 2. The van der Waals surface area contributed by atoms with Gasteiger partial charge in [0, 0.05) is 38.6 Å². The highest BCUT2D eigenvalue weighted by Crippen LogP contribution is 2.39. The van der Waals surface area contributed by atoms with Crippen molar-refractivity contribution in [3.63, 3.8) is 0 Å². The van der Waals surface area contributed by atoms with E-state index in [1.165, 1.54) is 0 Å². The Bertz CT molecular complexity index is 3220. The molecule has 3 aliphatic rings. The second-order valence-electron chi connectivity index (χ2n) is 28.2. The summed E-state index contributed by atoms with van der Waals surface area (Å²) in [5.41, 5.74) is -0.0148. The molecule has 3 saturated heterocycles. The van der Waals surface area contributed by atoms with Crippen LogP contribution in [-0.4, -0.2) is 152 Å². The van der Waals surface area contributed by atoms with Gasteiger partial charge in [-0.05, 0) is 139 Å². The number of rotatable bonds is 14. The molecule has 0 N–H and O–H groups in total. The summed E-state index contributed by atoms with van der Waals surface area (Å²) in [7, 11) is -3.85. The zero-order valence-electron chi connectivity index (χ0n) is 55.7. The number of amides is 4. The number of carbonyl (C=O) groups excluding carboxylic acids is 4. The molecule has 0 spiro atoms. The Kier molecular flexibility index (Phi) is 24.2. The SMILES string of the molecule is CC(C)(C)OC(=O)N1CCN(c2nc(/C=C/CO[Si](C)(C)C(C)(C)C)cn(Cc3ccccc3)c2=O)CC1=O.CC(C)(C)OC(=O)N1CCN(c2nc(Br)cn(Cc3ccccc3)c2=O)CC1=O.CC1(C)OB(/C=C/CO[Si](C)(C)C(C)(C)C)OC1(C)C. The van der Waals surface area contributed by atoms with Crippen molar-refractivity contribution in [3.8, 4) is 0 Å². The van der Waals surface area contributed by atoms with Crippen LogP contribution in [0.4, 0.5) is 21.2 Å². The number of aromatic nitrogens is 4. The molecule has 88 heavy (non-hydrogen) atoms. The van der Waals surface area contributed by atoms with Crippen LogP contribution >= 0.6 is 15.9 Å². The van der Waals surface area contributed by atoms with E-state index in [4.69, 9.17) is 27.6 Å². The molecule has 0 unspecified atom stereocenters. The molecule has 2 aromatic carbocycles. The molecule has 2 aromatic heterocycles. The Morgan fingerprint density at radius 2 is 0.977 bits per heavy atom. The number of carbonyl (C=O) groups is 4. The van der Waals surface area contributed by atoms with Crippen molar-refractivity contribution in [1.29, 1.82) is 0 Å². The first-order valence-electron chi connectivity index (χ1n) is 30.0. The van der Waals surface area contributed by atoms with Gasteiger partial charge >= 0.3 is 19.3 Å². The van der Waals surface area contributed by atoms with Gasteiger partial charge in [0.15, 0.2) is 28.3 Å². The van der Waals surface area contributed by atoms with Gasteiger partial charge in [-0.3, -0.25) is 19.2 Å². The fraction of sp³-hybridized carbons (Fsp3) is 0.562. The zero-order valence-corrected chi connectivity index (χ0v) is 59.3. The minimum atomic E-state index is -1.91. The highest BCUT2D eigenvalue weighted by atomic mass is 79.9. The van der Waals surface area contributed by atoms with E-state index < -0.39 is 51.8 Å². The highest BCUT2D eigenvalue weighted by molar-refractivity contribution is 9.10. The third-order valence-electron chi connectivity index (χ3n) is 16.1. The minimum Gasteiger partial charge on any atom is -0.443 e. The van der Waals surface area contributed by atoms with Gasteiger partial charge in [-0.2, -0.15) is 0 Å². The summed E-state index contributed by atoms with van der Waals surface area (Å²) in [6, 6.07) is 19.3. The summed E-state index contributed by atoms with van der Waals surface area (Å²) in [5, 5.41) is 0.342. The maximum Gasteiger partial charge on any atom is 0.486 e. The number of hydrogen-bond donors (Lipinski definition) is 0. The van der Waals surface area contributed by atoms with Crippen molar-refractivity contribution >= 4 is 81.4 Å². The molecule has 5 heterocycles. The maximum absolute atomic E-state index is 13.5. The normalized spacial score (nSPS) is 16.8. The minimum absolute atomic E-state index is 0.100. The average molecular weight is 1320 g/mol. The van der Waals surface area contributed by atoms with Gasteiger partial charge in [-0.25, -0.2) is 29.4 Å². The lowest BCUT2D eigenvalue weighted by Gasteiger charge is -2.35. The first-order valence-corrected chi connectivity index (χ1v) is 36.6. The van der Waals surface area contributed by atoms with Crippen molar-refractivity contribution in [2.24, 2.45) is 0 Å². The second-order valence-corrected chi connectivity index (χ2v) is 38.6. The van der Waals surface area contributed by atoms with Crippen molar-refractivity contribution in [2.45, 2.75) is 183 Å². The van der Waals surface area contributed by atoms with Crippen LogP contribution < -0.4 is 20.9 Å². The third-order valence-corrected chi connectivity index (χ3v) is 25.5. The summed E-state index contributed by atoms with van der Waals surface area (Å²) < 4.78 is 38.5. The molecule has 0 bridgehead atoms. The van der Waals surface area contributed by atoms with E-state index in [-0.39, 0.29) is 83.9 Å². The van der Waals surface area contributed by atoms with Crippen LogP contribution in [0.3, 0.4) is 0 Å². The van der Waals surface area contributed by atoms with Crippen molar-refractivity contribution in [3.05, 3.63) is 133 Å². The van der Waals surface area contributed by atoms with Gasteiger partial charge in [0.25, 0.3) is 22.9 Å². The topological polar surface area (TPSA) is 206 Å². The van der Waals surface area contributed by atoms with E-state index in [9.17, 15) is 28.8 Å². The number of halogens is 1. The molecule has 20 nitrogen and oxygen atoms in total. The molecule has 24 heteroatoms. The molecule has 4 aromatic rings. The number of nitrogens with zero attached hydrogens (tertiary/aromatic N) is 8. The molecule has 7 rings (SSSR count). The molecular weight excluding hydrogens is 1220 g/mol. The van der Waals surface area contributed by atoms with Gasteiger partial charge in [0.1, 0.15) is 15.8 Å². The summed E-state index contributed by atoms with van der Waals surface area (Å²) in [6.45, 7) is 43.3. The average Bonchev–Trinajstić information content (AvgIpc) is 1.24. The number of imide groups is 2. The van der Waals surface area contributed by atoms with E-state index in [1.807, 2.05) is 84.9 Å². The first-order chi connectivity index (χ1) is 40.5. The maximum atomic E-state index is 13.5. The molecule has 482 valence electrons. The van der Waals surface area contributed by atoms with Crippen LogP contribution in [0.1, 0.15) is 128 Å². The molecule has 3 aliphatic heterocycles. The number of ether oxygens (including phenoxy) is 2. The molecule has 3 fully saturated rings. The van der Waals surface area contributed by atoms with Gasteiger partial charge in [-0.15, -0.1) is 0 Å². The van der Waals surface area contributed by atoms with E-state index in [0.717, 1.165) is 20.9 Å². The van der Waals surface area contributed by atoms with Crippen LogP contribution in [0, 0.1) is 0 Å². The lowest BCUT2D eigenvalue weighted by atomic mass is 9.90. The van der Waals surface area contributed by atoms with Crippen molar-refractivity contribution in [1.82, 2.24) is 28.9 Å². The number of piperazine rings is 2. The van der Waals surface area contributed by atoms with E-state index >= 15 is 0 Å². The fourth-order valence-corrected chi connectivity index (χ4v) is 10.6. The summed E-state index contributed by atoms with van der Waals surface area (Å²) in [4.78, 5) is 90.9. The van der Waals surface area contributed by atoms with Gasteiger partial charge < -0.3 is 46.6 Å². The Hall–Kier alpha value is -6.02. The molecule has 0 atom stereocenters. The van der Waals surface area contributed by atoms with Crippen LogP contribution in [-0.2, 0) is 50.3 Å². The molecule has 0 radical (unpaired) electrons. The van der Waals surface area contributed by atoms with Gasteiger partial charge in [0.2, 0.25) is 0 Å². The zero-order chi connectivity index (χ0) is 66.0. The smallest absolute Gasteiger partial charge is 0.443 e. The van der Waals surface area contributed by atoms with Crippen molar-refractivity contribution in [2.75, 3.05) is 62.3 Å². The van der Waals surface area contributed by atoms with Crippen LogP contribution in [0.15, 0.2) is 105 Å². The largest absolute Gasteiger partial charge is 0.486 e.